The summed E-state index contributed by atoms with van der Waals surface area (Å²) in [5.41, 5.74) is 0.820. The summed E-state index contributed by atoms with van der Waals surface area (Å²) in [4.78, 5) is 16.7. The third-order valence-corrected chi connectivity index (χ3v) is 6.49. The van der Waals surface area contributed by atoms with Crippen molar-refractivity contribution in [2.75, 3.05) is 5.32 Å². The largest absolute Gasteiger partial charge is 0.401 e. The van der Waals surface area contributed by atoms with Crippen LogP contribution in [0.4, 0.5) is 6.01 Å². The Balaban J connectivity index is 1.74. The molecule has 0 aliphatic heterocycles. The summed E-state index contributed by atoms with van der Waals surface area (Å²) in [6.07, 6.45) is 0. The number of hydrogen-bond donors (Lipinski definition) is 1. The van der Waals surface area contributed by atoms with Crippen molar-refractivity contribution in [3.8, 4) is 11.6 Å². The van der Waals surface area contributed by atoms with Gasteiger partial charge in [0.1, 0.15) is 5.69 Å². The van der Waals surface area contributed by atoms with Crippen molar-refractivity contribution in [1.82, 2.24) is 15.2 Å². The van der Waals surface area contributed by atoms with E-state index in [2.05, 4.69) is 20.5 Å². The predicted molar refractivity (Wildman–Crippen MR) is 96.9 cm³/mol. The van der Waals surface area contributed by atoms with Crippen LogP contribution in [0.2, 0.25) is 0 Å². The predicted octanol–water partition coefficient (Wildman–Crippen LogP) is 2.94. The molecule has 0 bridgehead atoms. The number of anilines is 1. The fourth-order valence-corrected chi connectivity index (χ4v) is 3.72. The lowest BCUT2D eigenvalue weighted by Gasteiger charge is -2.08. The Morgan fingerprint density at radius 2 is 1.88 bits per heavy atom. The van der Waals surface area contributed by atoms with Gasteiger partial charge in [0.05, 0.1) is 15.2 Å². The number of carbonyl (C=O) groups is 1. The van der Waals surface area contributed by atoms with Gasteiger partial charge >= 0.3 is 6.01 Å². The van der Waals surface area contributed by atoms with Crippen LogP contribution < -0.4 is 5.32 Å². The monoisotopic (exact) mass is 392 g/mol. The van der Waals surface area contributed by atoms with Gasteiger partial charge in [-0.2, -0.15) is 0 Å². The molecule has 0 atom stereocenters. The summed E-state index contributed by atoms with van der Waals surface area (Å²) in [6, 6.07) is 5.62. The summed E-state index contributed by atoms with van der Waals surface area (Å²) in [5, 5.41) is 12.2. The first-order valence-electron chi connectivity index (χ1n) is 7.68. The van der Waals surface area contributed by atoms with Crippen molar-refractivity contribution < 1.29 is 17.6 Å². The first-order chi connectivity index (χ1) is 12.3. The molecule has 1 aromatic carbocycles. The number of sulfone groups is 1. The molecule has 0 fully saturated rings. The number of thiazole rings is 1. The van der Waals surface area contributed by atoms with Gasteiger partial charge in [-0.05, 0) is 45.0 Å². The molecule has 0 saturated heterocycles. The summed E-state index contributed by atoms with van der Waals surface area (Å²) in [7, 11) is -3.38. The summed E-state index contributed by atoms with van der Waals surface area (Å²) in [6.45, 7) is 5.07. The molecule has 136 valence electrons. The van der Waals surface area contributed by atoms with Crippen LogP contribution in [-0.4, -0.2) is 34.8 Å². The van der Waals surface area contributed by atoms with Crippen molar-refractivity contribution in [2.24, 2.45) is 0 Å². The van der Waals surface area contributed by atoms with Crippen LogP contribution in [0.3, 0.4) is 0 Å². The van der Waals surface area contributed by atoms with Crippen LogP contribution in [-0.2, 0) is 9.84 Å². The summed E-state index contributed by atoms with van der Waals surface area (Å²) in [5.74, 6) is -0.272. The van der Waals surface area contributed by atoms with E-state index in [1.54, 1.807) is 19.2 Å². The molecule has 3 rings (SSSR count). The summed E-state index contributed by atoms with van der Waals surface area (Å²) >= 11 is 1.45. The Bertz CT molecular complexity index is 1040. The van der Waals surface area contributed by atoms with Crippen molar-refractivity contribution in [2.45, 2.75) is 30.9 Å². The fraction of sp³-hybridized carbons (Fsp3) is 0.250. The average Bonchev–Trinajstić information content (AvgIpc) is 3.23. The SMILES string of the molecule is Cc1nc(-c2nnc(NC(=O)c3ccc(S(=O)(=O)C(C)C)cc3)o2)cs1. The molecule has 8 nitrogen and oxygen atoms in total. The van der Waals surface area contributed by atoms with Crippen molar-refractivity contribution >= 4 is 33.1 Å². The molecule has 0 aliphatic rings. The molecule has 3 aromatic rings. The van der Waals surface area contributed by atoms with E-state index in [4.69, 9.17) is 4.42 Å². The molecule has 0 spiro atoms. The van der Waals surface area contributed by atoms with Gasteiger partial charge < -0.3 is 4.42 Å². The van der Waals surface area contributed by atoms with E-state index in [1.807, 2.05) is 6.92 Å². The lowest BCUT2D eigenvalue weighted by atomic mass is 10.2. The molecule has 0 unspecified atom stereocenters. The molecule has 0 radical (unpaired) electrons. The van der Waals surface area contributed by atoms with Crippen LogP contribution in [0.25, 0.3) is 11.6 Å². The van der Waals surface area contributed by atoms with Gasteiger partial charge in [0, 0.05) is 10.9 Å². The molecule has 0 aliphatic carbocycles. The zero-order chi connectivity index (χ0) is 18.9. The van der Waals surface area contributed by atoms with E-state index >= 15 is 0 Å². The Morgan fingerprint density at radius 3 is 2.46 bits per heavy atom. The molecule has 1 N–H and O–H groups in total. The van der Waals surface area contributed by atoms with Crippen molar-refractivity contribution in [3.63, 3.8) is 0 Å². The Hall–Kier alpha value is -2.59. The molecule has 26 heavy (non-hydrogen) atoms. The minimum absolute atomic E-state index is 0.0606. The summed E-state index contributed by atoms with van der Waals surface area (Å²) < 4.78 is 29.6. The smallest absolute Gasteiger partial charge is 0.322 e. The third kappa shape index (κ3) is 3.65. The van der Waals surface area contributed by atoms with Gasteiger partial charge in [-0.3, -0.25) is 10.1 Å². The molecule has 2 aromatic heterocycles. The van der Waals surface area contributed by atoms with E-state index in [1.165, 1.54) is 35.6 Å². The maximum Gasteiger partial charge on any atom is 0.322 e. The minimum atomic E-state index is -3.38. The number of carbonyl (C=O) groups excluding carboxylic acids is 1. The zero-order valence-corrected chi connectivity index (χ0v) is 15.9. The quantitative estimate of drug-likeness (QED) is 0.710. The maximum absolute atomic E-state index is 12.3. The standard InChI is InChI=1S/C16H16N4O4S2/c1-9(2)26(22,23)12-6-4-11(5-7-12)14(21)18-16-20-19-15(24-16)13-8-25-10(3)17-13/h4-9H,1-3H3,(H,18,20,21). The van der Waals surface area contributed by atoms with Gasteiger partial charge in [-0.25, -0.2) is 13.4 Å². The fourth-order valence-electron chi connectivity index (χ4n) is 2.08. The highest BCUT2D eigenvalue weighted by atomic mass is 32.2. The second-order valence-electron chi connectivity index (χ2n) is 5.74. The minimum Gasteiger partial charge on any atom is -0.401 e. The Kier molecular flexibility index (Phi) is 4.88. The zero-order valence-electron chi connectivity index (χ0n) is 14.3. The molecule has 1 amide bonds. The van der Waals surface area contributed by atoms with Gasteiger partial charge in [0.25, 0.3) is 11.8 Å². The lowest BCUT2D eigenvalue weighted by Crippen LogP contribution is -2.15. The van der Waals surface area contributed by atoms with Crippen LogP contribution >= 0.6 is 11.3 Å². The number of benzene rings is 1. The van der Waals surface area contributed by atoms with Gasteiger partial charge in [0.15, 0.2) is 9.84 Å². The maximum atomic E-state index is 12.3. The van der Waals surface area contributed by atoms with Crippen molar-refractivity contribution in [1.29, 1.82) is 0 Å². The number of nitrogens with zero attached hydrogens (tertiary/aromatic N) is 3. The molecule has 2 heterocycles. The highest BCUT2D eigenvalue weighted by Crippen LogP contribution is 2.22. The highest BCUT2D eigenvalue weighted by molar-refractivity contribution is 7.92. The second-order valence-corrected chi connectivity index (χ2v) is 9.30. The van der Waals surface area contributed by atoms with Crippen LogP contribution in [0.15, 0.2) is 39.0 Å². The van der Waals surface area contributed by atoms with Crippen LogP contribution in [0, 0.1) is 6.92 Å². The lowest BCUT2D eigenvalue weighted by molar-refractivity contribution is 0.102. The number of aryl methyl sites for hydroxylation is 1. The Morgan fingerprint density at radius 1 is 1.19 bits per heavy atom. The number of hydrogen-bond acceptors (Lipinski definition) is 8. The van der Waals surface area contributed by atoms with Crippen LogP contribution in [0.5, 0.6) is 0 Å². The normalized spacial score (nSPS) is 11.7. The van der Waals surface area contributed by atoms with E-state index in [9.17, 15) is 13.2 Å². The Labute approximate surface area is 154 Å². The number of amides is 1. The molecule has 10 heteroatoms. The number of rotatable bonds is 5. The topological polar surface area (TPSA) is 115 Å². The van der Waals surface area contributed by atoms with Gasteiger partial charge in [-0.1, -0.05) is 5.10 Å². The first-order valence-corrected chi connectivity index (χ1v) is 10.1. The van der Waals surface area contributed by atoms with Gasteiger partial charge in [-0.15, -0.1) is 16.4 Å². The highest BCUT2D eigenvalue weighted by Gasteiger charge is 2.20. The molecule has 0 saturated carbocycles. The molecular weight excluding hydrogens is 376 g/mol. The van der Waals surface area contributed by atoms with Gasteiger partial charge in [0.2, 0.25) is 0 Å². The second kappa shape index (κ2) is 6.96. The van der Waals surface area contributed by atoms with E-state index < -0.39 is 21.0 Å². The van der Waals surface area contributed by atoms with E-state index in [0.29, 0.717) is 5.69 Å². The van der Waals surface area contributed by atoms with Crippen LogP contribution in [0.1, 0.15) is 29.2 Å². The van der Waals surface area contributed by atoms with Crippen molar-refractivity contribution in [3.05, 3.63) is 40.2 Å². The third-order valence-electron chi connectivity index (χ3n) is 3.55. The number of aromatic nitrogens is 3. The average molecular weight is 392 g/mol. The van der Waals surface area contributed by atoms with E-state index in [-0.39, 0.29) is 22.4 Å². The number of nitrogens with one attached hydrogen (secondary N) is 1. The van der Waals surface area contributed by atoms with E-state index in [0.717, 1.165) is 5.01 Å². The molecular formula is C16H16N4O4S2. The first kappa shape index (κ1) is 18.2.